The van der Waals surface area contributed by atoms with Crippen molar-refractivity contribution in [2.24, 2.45) is 0 Å². The standard InChI is InChI=1S/C16H21NO2/c1-17-16(18)14-9-5-6-10-15(11-14)19-12-13-7-3-2-4-8-13/h3,6-8,10-11,15H,2,4-5,9,12H2,1H3,(H,17,18). The highest BCUT2D eigenvalue weighted by molar-refractivity contribution is 5.93. The summed E-state index contributed by atoms with van der Waals surface area (Å²) in [4.78, 5) is 11.7. The van der Waals surface area contributed by atoms with Gasteiger partial charge in [0.25, 0.3) is 0 Å². The largest absolute Gasteiger partial charge is 0.365 e. The lowest BCUT2D eigenvalue weighted by Gasteiger charge is -2.13. The number of hydrogen-bond acceptors (Lipinski definition) is 2. The number of carbonyl (C=O) groups excluding carboxylic acids is 1. The predicted molar refractivity (Wildman–Crippen MR) is 76.7 cm³/mol. The summed E-state index contributed by atoms with van der Waals surface area (Å²) in [6, 6.07) is 0. The first-order chi connectivity index (χ1) is 9.29. The number of likely N-dealkylation sites (N-methyl/N-ethyl adjacent to an activating group) is 1. The monoisotopic (exact) mass is 259 g/mol. The van der Waals surface area contributed by atoms with E-state index >= 15 is 0 Å². The molecule has 0 bridgehead atoms. The lowest BCUT2D eigenvalue weighted by molar-refractivity contribution is -0.117. The Morgan fingerprint density at radius 2 is 2.26 bits per heavy atom. The molecule has 0 saturated heterocycles. The maximum atomic E-state index is 11.7. The minimum Gasteiger partial charge on any atom is -0.365 e. The third-order valence-corrected chi connectivity index (χ3v) is 3.30. The lowest BCUT2D eigenvalue weighted by atomic mass is 10.1. The molecule has 1 N–H and O–H groups in total. The van der Waals surface area contributed by atoms with E-state index in [1.54, 1.807) is 7.05 Å². The van der Waals surface area contributed by atoms with E-state index in [0.29, 0.717) is 6.61 Å². The molecule has 3 heteroatoms. The molecular formula is C16H21NO2. The van der Waals surface area contributed by atoms with Crippen molar-refractivity contribution in [3.8, 4) is 0 Å². The molecule has 2 rings (SSSR count). The molecule has 2 aliphatic rings. The van der Waals surface area contributed by atoms with E-state index < -0.39 is 0 Å². The number of allylic oxidation sites excluding steroid dienone is 3. The SMILES string of the molecule is CNC(=O)C1=CC(OCC2=CCCC=C2)C=CCC1. The molecule has 0 heterocycles. The van der Waals surface area contributed by atoms with Crippen LogP contribution in [0.25, 0.3) is 0 Å². The molecule has 0 aromatic heterocycles. The van der Waals surface area contributed by atoms with Crippen molar-refractivity contribution in [2.45, 2.75) is 31.8 Å². The molecule has 0 radical (unpaired) electrons. The Morgan fingerprint density at radius 3 is 3.00 bits per heavy atom. The van der Waals surface area contributed by atoms with Gasteiger partial charge in [-0.15, -0.1) is 0 Å². The number of nitrogens with one attached hydrogen (secondary N) is 1. The second-order valence-electron chi connectivity index (χ2n) is 4.77. The summed E-state index contributed by atoms with van der Waals surface area (Å²) < 4.78 is 5.86. The van der Waals surface area contributed by atoms with Crippen LogP contribution in [0.2, 0.25) is 0 Å². The van der Waals surface area contributed by atoms with Gasteiger partial charge in [-0.1, -0.05) is 30.4 Å². The molecule has 0 aromatic carbocycles. The third-order valence-electron chi connectivity index (χ3n) is 3.30. The minimum atomic E-state index is -0.106. The molecule has 19 heavy (non-hydrogen) atoms. The van der Waals surface area contributed by atoms with Crippen LogP contribution in [-0.2, 0) is 9.53 Å². The van der Waals surface area contributed by atoms with Crippen molar-refractivity contribution in [3.63, 3.8) is 0 Å². The second-order valence-corrected chi connectivity index (χ2v) is 4.77. The summed E-state index contributed by atoms with van der Waals surface area (Å²) in [7, 11) is 1.66. The maximum Gasteiger partial charge on any atom is 0.246 e. The van der Waals surface area contributed by atoms with Gasteiger partial charge in [0.2, 0.25) is 5.91 Å². The highest BCUT2D eigenvalue weighted by atomic mass is 16.5. The molecule has 0 aromatic rings. The molecule has 0 saturated carbocycles. The zero-order chi connectivity index (χ0) is 13.5. The zero-order valence-electron chi connectivity index (χ0n) is 11.4. The smallest absolute Gasteiger partial charge is 0.246 e. The van der Waals surface area contributed by atoms with Gasteiger partial charge in [-0.2, -0.15) is 0 Å². The first-order valence-corrected chi connectivity index (χ1v) is 6.86. The molecule has 1 amide bonds. The first-order valence-electron chi connectivity index (χ1n) is 6.86. The number of amides is 1. The van der Waals surface area contributed by atoms with Crippen LogP contribution >= 0.6 is 0 Å². The van der Waals surface area contributed by atoms with Gasteiger partial charge in [-0.3, -0.25) is 4.79 Å². The Kier molecular flexibility index (Phi) is 5.16. The second kappa shape index (κ2) is 7.10. The van der Waals surface area contributed by atoms with Crippen molar-refractivity contribution in [3.05, 3.63) is 47.6 Å². The average molecular weight is 259 g/mol. The summed E-state index contributed by atoms with van der Waals surface area (Å²) in [6.07, 6.45) is 16.3. The summed E-state index contributed by atoms with van der Waals surface area (Å²) in [5.74, 6) is -0.00548. The maximum absolute atomic E-state index is 11.7. The quantitative estimate of drug-likeness (QED) is 0.788. The van der Waals surface area contributed by atoms with Crippen LogP contribution in [-0.4, -0.2) is 25.7 Å². The predicted octanol–water partition coefficient (Wildman–Crippen LogP) is 2.67. The topological polar surface area (TPSA) is 38.3 Å². The van der Waals surface area contributed by atoms with E-state index in [0.717, 1.165) is 31.3 Å². The van der Waals surface area contributed by atoms with Crippen LogP contribution < -0.4 is 5.32 Å². The number of rotatable bonds is 4. The van der Waals surface area contributed by atoms with Crippen molar-refractivity contribution in [2.75, 3.05) is 13.7 Å². The molecule has 1 atom stereocenters. The normalized spacial score (nSPS) is 22.5. The van der Waals surface area contributed by atoms with Crippen molar-refractivity contribution in [1.82, 2.24) is 5.32 Å². The van der Waals surface area contributed by atoms with Crippen molar-refractivity contribution in [1.29, 1.82) is 0 Å². The molecule has 0 spiro atoms. The third kappa shape index (κ3) is 4.21. The van der Waals surface area contributed by atoms with Crippen LogP contribution in [0.4, 0.5) is 0 Å². The summed E-state index contributed by atoms with van der Waals surface area (Å²) in [5.41, 5.74) is 2.03. The summed E-state index contributed by atoms with van der Waals surface area (Å²) in [6.45, 7) is 0.600. The van der Waals surface area contributed by atoms with Crippen LogP contribution in [0.3, 0.4) is 0 Å². The van der Waals surface area contributed by atoms with Gasteiger partial charge in [0.05, 0.1) is 12.7 Å². The zero-order valence-corrected chi connectivity index (χ0v) is 11.4. The number of carbonyl (C=O) groups is 1. The average Bonchev–Trinajstić information content (AvgIpc) is 2.71. The molecule has 102 valence electrons. The van der Waals surface area contributed by atoms with E-state index in [-0.39, 0.29) is 12.0 Å². The van der Waals surface area contributed by atoms with Gasteiger partial charge in [0.1, 0.15) is 0 Å². The van der Waals surface area contributed by atoms with Crippen LogP contribution in [0, 0.1) is 0 Å². The highest BCUT2D eigenvalue weighted by Gasteiger charge is 2.13. The van der Waals surface area contributed by atoms with Gasteiger partial charge in [-0.05, 0) is 37.3 Å². The fraction of sp³-hybridized carbons (Fsp3) is 0.438. The number of hydrogen-bond donors (Lipinski definition) is 1. The molecule has 0 aliphatic heterocycles. The molecule has 2 aliphatic carbocycles. The first kappa shape index (κ1) is 13.8. The van der Waals surface area contributed by atoms with Crippen LogP contribution in [0.15, 0.2) is 47.6 Å². The van der Waals surface area contributed by atoms with Crippen LogP contribution in [0.5, 0.6) is 0 Å². The van der Waals surface area contributed by atoms with Crippen LogP contribution in [0.1, 0.15) is 25.7 Å². The van der Waals surface area contributed by atoms with E-state index in [9.17, 15) is 4.79 Å². The Bertz CT molecular complexity index is 444. The van der Waals surface area contributed by atoms with Gasteiger partial charge in [-0.25, -0.2) is 0 Å². The van der Waals surface area contributed by atoms with Gasteiger partial charge in [0, 0.05) is 12.6 Å². The van der Waals surface area contributed by atoms with Gasteiger partial charge >= 0.3 is 0 Å². The summed E-state index contributed by atoms with van der Waals surface area (Å²) in [5, 5.41) is 2.68. The van der Waals surface area contributed by atoms with Crippen molar-refractivity contribution >= 4 is 5.91 Å². The number of ether oxygens (including phenoxy) is 1. The summed E-state index contributed by atoms with van der Waals surface area (Å²) >= 11 is 0. The van der Waals surface area contributed by atoms with Gasteiger partial charge < -0.3 is 10.1 Å². The Hall–Kier alpha value is -1.61. The molecule has 0 fully saturated rings. The minimum absolute atomic E-state index is 0.00548. The Labute approximate surface area is 114 Å². The lowest BCUT2D eigenvalue weighted by Crippen LogP contribution is -2.21. The Balaban J connectivity index is 1.95. The van der Waals surface area contributed by atoms with E-state index in [1.807, 2.05) is 12.2 Å². The molecule has 3 nitrogen and oxygen atoms in total. The van der Waals surface area contributed by atoms with E-state index in [2.05, 4.69) is 29.6 Å². The molecule has 1 unspecified atom stereocenters. The fourth-order valence-corrected chi connectivity index (χ4v) is 2.23. The van der Waals surface area contributed by atoms with Gasteiger partial charge in [0.15, 0.2) is 0 Å². The van der Waals surface area contributed by atoms with E-state index in [1.165, 1.54) is 5.57 Å². The molecular weight excluding hydrogens is 238 g/mol. The Morgan fingerprint density at radius 1 is 1.37 bits per heavy atom. The van der Waals surface area contributed by atoms with E-state index in [4.69, 9.17) is 4.74 Å². The van der Waals surface area contributed by atoms with Crippen molar-refractivity contribution < 1.29 is 9.53 Å². The fourth-order valence-electron chi connectivity index (χ4n) is 2.23. The highest BCUT2D eigenvalue weighted by Crippen LogP contribution is 2.16.